The predicted octanol–water partition coefficient (Wildman–Crippen LogP) is 4.90. The lowest BCUT2D eigenvalue weighted by Gasteiger charge is -2.13. The van der Waals surface area contributed by atoms with Crippen LogP contribution in [0.3, 0.4) is 0 Å². The predicted molar refractivity (Wildman–Crippen MR) is 102 cm³/mol. The summed E-state index contributed by atoms with van der Waals surface area (Å²) in [7, 11) is 0. The van der Waals surface area contributed by atoms with Crippen LogP contribution in [0.4, 0.5) is 0 Å². The van der Waals surface area contributed by atoms with Crippen LogP contribution < -0.4 is 0 Å². The largest absolute Gasteiger partial charge is 0.282 e. The van der Waals surface area contributed by atoms with E-state index in [0.29, 0.717) is 0 Å². The zero-order valence-electron chi connectivity index (χ0n) is 13.2. The fourth-order valence-electron chi connectivity index (χ4n) is 1.99. The van der Waals surface area contributed by atoms with E-state index in [1.54, 1.807) is 11.9 Å². The van der Waals surface area contributed by atoms with Gasteiger partial charge in [0.1, 0.15) is 0 Å². The molecule has 3 rings (SSSR count). The fourth-order valence-corrected chi connectivity index (χ4v) is 3.51. The summed E-state index contributed by atoms with van der Waals surface area (Å²) in [4.78, 5) is 12.9. The van der Waals surface area contributed by atoms with Crippen LogP contribution in [0.25, 0.3) is 0 Å². The summed E-state index contributed by atoms with van der Waals surface area (Å²) in [5, 5.41) is 0.226. The van der Waals surface area contributed by atoms with Crippen LogP contribution >= 0.6 is 23.7 Å². The van der Waals surface area contributed by atoms with Crippen LogP contribution in [0.5, 0.6) is 0 Å². The average molecular weight is 344 g/mol. The first-order valence-electron chi connectivity index (χ1n) is 7.63. The highest BCUT2D eigenvalue weighted by molar-refractivity contribution is 8.14. The Labute approximate surface area is 147 Å². The third-order valence-electron chi connectivity index (χ3n) is 3.07. The SMILES string of the molecule is CCSC(=O)C1=CCN(Sc2ccccc2)C1.c1ccccc1. The summed E-state index contributed by atoms with van der Waals surface area (Å²) in [6.45, 7) is 3.62. The molecule has 0 bridgehead atoms. The Hall–Kier alpha value is -1.49. The van der Waals surface area contributed by atoms with E-state index in [0.717, 1.165) is 24.4 Å². The molecule has 2 aromatic rings. The van der Waals surface area contributed by atoms with Gasteiger partial charge in [-0.3, -0.25) is 4.79 Å². The summed E-state index contributed by atoms with van der Waals surface area (Å²) in [5.41, 5.74) is 0.945. The topological polar surface area (TPSA) is 20.3 Å². The Bertz CT molecular complexity index is 587. The quantitative estimate of drug-likeness (QED) is 0.735. The average Bonchev–Trinajstić information content (AvgIpc) is 3.07. The number of rotatable bonds is 4. The van der Waals surface area contributed by atoms with Gasteiger partial charge in [-0.05, 0) is 29.8 Å². The van der Waals surface area contributed by atoms with Crippen LogP contribution in [0.1, 0.15) is 6.92 Å². The molecule has 0 N–H and O–H groups in total. The summed E-state index contributed by atoms with van der Waals surface area (Å²) >= 11 is 3.10. The number of thioether (sulfide) groups is 1. The lowest BCUT2D eigenvalue weighted by Crippen LogP contribution is -2.13. The third-order valence-corrected chi connectivity index (χ3v) is 4.90. The van der Waals surface area contributed by atoms with Crippen LogP contribution in [0, 0.1) is 0 Å². The van der Waals surface area contributed by atoms with Crippen molar-refractivity contribution in [2.75, 3.05) is 18.8 Å². The molecule has 0 radical (unpaired) electrons. The number of nitrogens with zero attached hydrogens (tertiary/aromatic N) is 1. The number of hydrogen-bond acceptors (Lipinski definition) is 4. The normalized spacial score (nSPS) is 13.9. The van der Waals surface area contributed by atoms with E-state index in [1.165, 1.54) is 16.7 Å². The molecule has 23 heavy (non-hydrogen) atoms. The lowest BCUT2D eigenvalue weighted by atomic mass is 10.3. The Morgan fingerprint density at radius 1 is 1.00 bits per heavy atom. The van der Waals surface area contributed by atoms with E-state index in [2.05, 4.69) is 16.4 Å². The van der Waals surface area contributed by atoms with Gasteiger partial charge in [0.2, 0.25) is 5.12 Å². The first kappa shape index (κ1) is 17.9. The summed E-state index contributed by atoms with van der Waals surface area (Å²) in [6.07, 6.45) is 2.04. The van der Waals surface area contributed by atoms with Crippen LogP contribution in [-0.4, -0.2) is 28.3 Å². The highest BCUT2D eigenvalue weighted by atomic mass is 32.2. The Balaban J connectivity index is 0.000000268. The molecule has 2 aromatic carbocycles. The molecule has 0 atom stereocenters. The van der Waals surface area contributed by atoms with Crippen LogP contribution in [0.2, 0.25) is 0 Å². The van der Waals surface area contributed by atoms with Gasteiger partial charge in [0.05, 0.1) is 0 Å². The van der Waals surface area contributed by atoms with Crippen molar-refractivity contribution in [3.8, 4) is 0 Å². The van der Waals surface area contributed by atoms with Crippen molar-refractivity contribution in [2.45, 2.75) is 11.8 Å². The monoisotopic (exact) mass is 343 g/mol. The van der Waals surface area contributed by atoms with Crippen LogP contribution in [-0.2, 0) is 4.79 Å². The van der Waals surface area contributed by atoms with Crippen molar-refractivity contribution < 1.29 is 4.79 Å². The highest BCUT2D eigenvalue weighted by Crippen LogP contribution is 2.27. The molecule has 0 aliphatic carbocycles. The minimum Gasteiger partial charge on any atom is -0.282 e. The zero-order chi connectivity index (χ0) is 16.3. The van der Waals surface area contributed by atoms with Crippen molar-refractivity contribution in [3.05, 3.63) is 78.4 Å². The van der Waals surface area contributed by atoms with E-state index >= 15 is 0 Å². The summed E-state index contributed by atoms with van der Waals surface area (Å²) in [6, 6.07) is 22.3. The Morgan fingerprint density at radius 3 is 2.13 bits per heavy atom. The molecule has 120 valence electrons. The molecular formula is C19H21NOS2. The standard InChI is InChI=1S/C13H15NOS2.C6H6/c1-2-16-13(15)11-8-9-14(10-11)17-12-6-4-3-5-7-12;1-2-4-6-5-3-1/h3-8H,2,9-10H2,1H3;1-6H. The molecule has 1 aliphatic heterocycles. The first-order valence-corrected chi connectivity index (χ1v) is 9.39. The minimum atomic E-state index is 0.226. The van der Waals surface area contributed by atoms with Crippen molar-refractivity contribution in [3.63, 3.8) is 0 Å². The number of benzene rings is 2. The molecule has 0 fully saturated rings. The second-order valence-corrected chi connectivity index (χ2v) is 7.24. The molecule has 0 saturated carbocycles. The second-order valence-electron chi connectivity index (χ2n) is 4.83. The van der Waals surface area contributed by atoms with Gasteiger partial charge in [-0.1, -0.05) is 79.4 Å². The summed E-state index contributed by atoms with van der Waals surface area (Å²) < 4.78 is 2.21. The van der Waals surface area contributed by atoms with Gasteiger partial charge >= 0.3 is 0 Å². The Morgan fingerprint density at radius 2 is 1.57 bits per heavy atom. The minimum absolute atomic E-state index is 0.226. The smallest absolute Gasteiger partial charge is 0.216 e. The summed E-state index contributed by atoms with van der Waals surface area (Å²) in [5.74, 6) is 0.849. The van der Waals surface area contributed by atoms with Crippen molar-refractivity contribution >= 4 is 28.8 Å². The van der Waals surface area contributed by atoms with Gasteiger partial charge in [0, 0.05) is 23.6 Å². The molecule has 1 heterocycles. The van der Waals surface area contributed by atoms with Crippen molar-refractivity contribution in [1.29, 1.82) is 0 Å². The van der Waals surface area contributed by atoms with Gasteiger partial charge < -0.3 is 0 Å². The fraction of sp³-hybridized carbons (Fsp3) is 0.211. The van der Waals surface area contributed by atoms with Gasteiger partial charge in [0.25, 0.3) is 0 Å². The van der Waals surface area contributed by atoms with Gasteiger partial charge in [-0.2, -0.15) is 0 Å². The highest BCUT2D eigenvalue weighted by Gasteiger charge is 2.20. The maximum Gasteiger partial charge on any atom is 0.216 e. The van der Waals surface area contributed by atoms with Gasteiger partial charge in [-0.15, -0.1) is 0 Å². The third kappa shape index (κ3) is 6.65. The van der Waals surface area contributed by atoms with Crippen LogP contribution in [0.15, 0.2) is 83.3 Å². The molecule has 0 aromatic heterocycles. The van der Waals surface area contributed by atoms with Gasteiger partial charge in [0.15, 0.2) is 0 Å². The van der Waals surface area contributed by atoms with Crippen molar-refractivity contribution in [1.82, 2.24) is 4.31 Å². The molecule has 2 nitrogen and oxygen atoms in total. The molecule has 0 amide bonds. The molecular weight excluding hydrogens is 322 g/mol. The number of carbonyl (C=O) groups excluding carboxylic acids is 1. The molecule has 4 heteroatoms. The van der Waals surface area contributed by atoms with E-state index in [1.807, 2.05) is 67.6 Å². The molecule has 0 unspecified atom stereocenters. The van der Waals surface area contributed by atoms with E-state index in [-0.39, 0.29) is 5.12 Å². The molecule has 1 aliphatic rings. The first-order chi connectivity index (χ1) is 11.3. The van der Waals surface area contributed by atoms with Crippen molar-refractivity contribution in [2.24, 2.45) is 0 Å². The molecule has 0 spiro atoms. The number of carbonyl (C=O) groups is 1. The second kappa shape index (κ2) is 10.3. The van der Waals surface area contributed by atoms with E-state index in [4.69, 9.17) is 0 Å². The maximum atomic E-state index is 11.7. The zero-order valence-corrected chi connectivity index (χ0v) is 14.9. The Kier molecular flexibility index (Phi) is 8.01. The van der Waals surface area contributed by atoms with E-state index < -0.39 is 0 Å². The lowest BCUT2D eigenvalue weighted by molar-refractivity contribution is -0.107. The van der Waals surface area contributed by atoms with Gasteiger partial charge in [-0.25, -0.2) is 4.31 Å². The maximum absolute atomic E-state index is 11.7. The van der Waals surface area contributed by atoms with E-state index in [9.17, 15) is 4.79 Å². The number of hydrogen-bond donors (Lipinski definition) is 0. The molecule has 0 saturated heterocycles.